The molecule has 26 heavy (non-hydrogen) atoms. The summed E-state index contributed by atoms with van der Waals surface area (Å²) >= 11 is 3.18. The Morgan fingerprint density at radius 2 is 1.69 bits per heavy atom. The molecule has 0 heterocycles. The van der Waals surface area contributed by atoms with Crippen LogP contribution < -0.4 is 10.0 Å². The molecular formula is C17H17BrN2O5S. The third kappa shape index (κ3) is 5.06. The topological polar surface area (TPSA) is 102 Å². The summed E-state index contributed by atoms with van der Waals surface area (Å²) < 4.78 is 32.7. The zero-order chi connectivity index (χ0) is 19.3. The van der Waals surface area contributed by atoms with Gasteiger partial charge in [0.05, 0.1) is 12.2 Å². The van der Waals surface area contributed by atoms with Crippen molar-refractivity contribution in [2.24, 2.45) is 0 Å². The van der Waals surface area contributed by atoms with E-state index in [0.29, 0.717) is 11.4 Å². The Morgan fingerprint density at radius 3 is 2.23 bits per heavy atom. The van der Waals surface area contributed by atoms with Crippen molar-refractivity contribution in [1.82, 2.24) is 0 Å². The SMILES string of the molecule is CCOC(=O)c1ccc(S(=O)(=O)Nc2ccc(NC(C)=O)cc2)c(Br)c1. The summed E-state index contributed by atoms with van der Waals surface area (Å²) in [6.07, 6.45) is 0. The highest BCUT2D eigenvalue weighted by molar-refractivity contribution is 9.10. The highest BCUT2D eigenvalue weighted by Crippen LogP contribution is 2.26. The van der Waals surface area contributed by atoms with Crippen molar-refractivity contribution in [3.63, 3.8) is 0 Å². The van der Waals surface area contributed by atoms with Crippen LogP contribution in [-0.2, 0) is 19.6 Å². The van der Waals surface area contributed by atoms with Crippen LogP contribution in [-0.4, -0.2) is 26.9 Å². The number of halogens is 1. The van der Waals surface area contributed by atoms with E-state index in [9.17, 15) is 18.0 Å². The smallest absolute Gasteiger partial charge is 0.338 e. The van der Waals surface area contributed by atoms with Crippen molar-refractivity contribution < 1.29 is 22.7 Å². The van der Waals surface area contributed by atoms with E-state index < -0.39 is 16.0 Å². The van der Waals surface area contributed by atoms with Gasteiger partial charge in [0.25, 0.3) is 10.0 Å². The molecule has 0 aliphatic rings. The minimum absolute atomic E-state index is 0.0171. The molecule has 2 aromatic carbocycles. The Morgan fingerprint density at radius 1 is 1.08 bits per heavy atom. The third-order valence-electron chi connectivity index (χ3n) is 3.19. The Kier molecular flexibility index (Phi) is 6.38. The molecule has 0 aliphatic heterocycles. The minimum Gasteiger partial charge on any atom is -0.462 e. The van der Waals surface area contributed by atoms with Gasteiger partial charge in [-0.2, -0.15) is 0 Å². The van der Waals surface area contributed by atoms with Crippen LogP contribution in [0.4, 0.5) is 11.4 Å². The number of anilines is 2. The maximum Gasteiger partial charge on any atom is 0.338 e. The fourth-order valence-electron chi connectivity index (χ4n) is 2.10. The second kappa shape index (κ2) is 8.33. The van der Waals surface area contributed by atoms with Crippen LogP contribution in [0, 0.1) is 0 Å². The monoisotopic (exact) mass is 440 g/mol. The lowest BCUT2D eigenvalue weighted by Gasteiger charge is -2.11. The first-order valence-corrected chi connectivity index (χ1v) is 9.87. The number of esters is 1. The number of carbonyl (C=O) groups is 2. The molecule has 0 unspecified atom stereocenters. The van der Waals surface area contributed by atoms with Crippen molar-refractivity contribution in [2.75, 3.05) is 16.6 Å². The van der Waals surface area contributed by atoms with E-state index in [2.05, 4.69) is 26.0 Å². The van der Waals surface area contributed by atoms with Crippen LogP contribution in [0.2, 0.25) is 0 Å². The molecule has 0 aromatic heterocycles. The summed E-state index contributed by atoms with van der Waals surface area (Å²) in [6, 6.07) is 10.3. The van der Waals surface area contributed by atoms with Gasteiger partial charge in [0.15, 0.2) is 0 Å². The zero-order valence-corrected chi connectivity index (χ0v) is 16.5. The van der Waals surface area contributed by atoms with Gasteiger partial charge in [-0.05, 0) is 65.3 Å². The van der Waals surface area contributed by atoms with Gasteiger partial charge in [0.2, 0.25) is 5.91 Å². The maximum atomic E-state index is 12.6. The summed E-state index contributed by atoms with van der Waals surface area (Å²) in [7, 11) is -3.87. The van der Waals surface area contributed by atoms with Crippen LogP contribution in [0.1, 0.15) is 24.2 Å². The average molecular weight is 441 g/mol. The van der Waals surface area contributed by atoms with E-state index in [1.165, 1.54) is 37.3 Å². The molecule has 0 fully saturated rings. The molecule has 2 N–H and O–H groups in total. The molecule has 0 spiro atoms. The van der Waals surface area contributed by atoms with E-state index in [0.717, 1.165) is 0 Å². The normalized spacial score (nSPS) is 10.9. The van der Waals surface area contributed by atoms with Gasteiger partial charge < -0.3 is 10.1 Å². The minimum atomic E-state index is -3.87. The largest absolute Gasteiger partial charge is 0.462 e. The van der Waals surface area contributed by atoms with Crippen LogP contribution >= 0.6 is 15.9 Å². The molecule has 0 radical (unpaired) electrons. The molecule has 2 aromatic rings. The lowest BCUT2D eigenvalue weighted by atomic mass is 10.2. The highest BCUT2D eigenvalue weighted by atomic mass is 79.9. The molecule has 0 atom stereocenters. The fraction of sp³-hybridized carbons (Fsp3) is 0.176. The number of nitrogens with one attached hydrogen (secondary N) is 2. The van der Waals surface area contributed by atoms with E-state index >= 15 is 0 Å². The van der Waals surface area contributed by atoms with Crippen LogP contribution in [0.3, 0.4) is 0 Å². The van der Waals surface area contributed by atoms with Crippen molar-refractivity contribution in [1.29, 1.82) is 0 Å². The van der Waals surface area contributed by atoms with E-state index in [1.54, 1.807) is 19.1 Å². The van der Waals surface area contributed by atoms with Crippen molar-refractivity contribution in [3.8, 4) is 0 Å². The van der Waals surface area contributed by atoms with Gasteiger partial charge in [-0.1, -0.05) is 0 Å². The molecular weight excluding hydrogens is 424 g/mol. The Bertz CT molecular complexity index is 927. The van der Waals surface area contributed by atoms with Gasteiger partial charge in [0, 0.05) is 22.8 Å². The number of rotatable bonds is 6. The first kappa shape index (κ1) is 19.9. The third-order valence-corrected chi connectivity index (χ3v) is 5.55. The Hall–Kier alpha value is -2.39. The number of carbonyl (C=O) groups excluding carboxylic acids is 2. The Labute approximate surface area is 159 Å². The maximum absolute atomic E-state index is 12.6. The van der Waals surface area contributed by atoms with Crippen LogP contribution in [0.15, 0.2) is 51.8 Å². The summed E-state index contributed by atoms with van der Waals surface area (Å²) in [5, 5.41) is 2.60. The van der Waals surface area contributed by atoms with Gasteiger partial charge in [-0.3, -0.25) is 9.52 Å². The molecule has 0 saturated carbocycles. The molecule has 2 rings (SSSR count). The van der Waals surface area contributed by atoms with Gasteiger partial charge in [0.1, 0.15) is 4.90 Å². The molecule has 9 heteroatoms. The summed E-state index contributed by atoms with van der Waals surface area (Å²) in [6.45, 7) is 3.30. The van der Waals surface area contributed by atoms with Crippen molar-refractivity contribution in [3.05, 3.63) is 52.5 Å². The predicted octanol–water partition coefficient (Wildman–Crippen LogP) is 3.39. The highest BCUT2D eigenvalue weighted by Gasteiger charge is 2.19. The van der Waals surface area contributed by atoms with Gasteiger partial charge in [-0.25, -0.2) is 13.2 Å². The standard InChI is InChI=1S/C17H17BrN2O5S/c1-3-25-17(22)12-4-9-16(15(18)10-12)26(23,24)20-14-7-5-13(6-8-14)19-11(2)21/h4-10,20H,3H2,1-2H3,(H,19,21). The fourth-order valence-corrected chi connectivity index (χ4v) is 4.23. The molecule has 0 bridgehead atoms. The summed E-state index contributed by atoms with van der Waals surface area (Å²) in [5.74, 6) is -0.748. The number of ether oxygens (including phenoxy) is 1. The van der Waals surface area contributed by atoms with Crippen LogP contribution in [0.5, 0.6) is 0 Å². The molecule has 7 nitrogen and oxygen atoms in total. The number of hydrogen-bond donors (Lipinski definition) is 2. The number of hydrogen-bond acceptors (Lipinski definition) is 5. The van der Waals surface area contributed by atoms with E-state index in [-0.39, 0.29) is 27.4 Å². The molecule has 138 valence electrons. The Balaban J connectivity index is 2.22. The first-order valence-electron chi connectivity index (χ1n) is 7.60. The molecule has 0 saturated heterocycles. The quantitative estimate of drug-likeness (QED) is 0.670. The van der Waals surface area contributed by atoms with Crippen molar-refractivity contribution >= 4 is 49.2 Å². The zero-order valence-electron chi connectivity index (χ0n) is 14.1. The molecule has 0 aliphatic carbocycles. The first-order chi connectivity index (χ1) is 12.2. The second-order valence-electron chi connectivity index (χ2n) is 5.23. The number of benzene rings is 2. The van der Waals surface area contributed by atoms with E-state index in [4.69, 9.17) is 4.74 Å². The molecule has 1 amide bonds. The number of sulfonamides is 1. The predicted molar refractivity (Wildman–Crippen MR) is 102 cm³/mol. The van der Waals surface area contributed by atoms with E-state index in [1.807, 2.05) is 0 Å². The lowest BCUT2D eigenvalue weighted by molar-refractivity contribution is -0.114. The number of amides is 1. The lowest BCUT2D eigenvalue weighted by Crippen LogP contribution is -2.14. The average Bonchev–Trinajstić information content (AvgIpc) is 2.56. The van der Waals surface area contributed by atoms with Crippen molar-refractivity contribution in [2.45, 2.75) is 18.7 Å². The van der Waals surface area contributed by atoms with Gasteiger partial charge >= 0.3 is 5.97 Å². The second-order valence-corrected chi connectivity index (χ2v) is 7.73. The summed E-state index contributed by atoms with van der Waals surface area (Å²) in [5.41, 5.74) is 1.14. The van der Waals surface area contributed by atoms with Gasteiger partial charge in [-0.15, -0.1) is 0 Å². The van der Waals surface area contributed by atoms with Crippen LogP contribution in [0.25, 0.3) is 0 Å². The summed E-state index contributed by atoms with van der Waals surface area (Å²) in [4.78, 5) is 22.7.